The lowest BCUT2D eigenvalue weighted by molar-refractivity contribution is -0.123. The summed E-state index contributed by atoms with van der Waals surface area (Å²) in [5.41, 5.74) is 1.16. The van der Waals surface area contributed by atoms with Crippen LogP contribution in [0.15, 0.2) is 24.5 Å². The van der Waals surface area contributed by atoms with Gasteiger partial charge in [0.1, 0.15) is 0 Å². The van der Waals surface area contributed by atoms with E-state index in [-0.39, 0.29) is 11.9 Å². The summed E-state index contributed by atoms with van der Waals surface area (Å²) in [6, 6.07) is 3.93. The van der Waals surface area contributed by atoms with Gasteiger partial charge in [-0.1, -0.05) is 13.0 Å². The molecule has 4 nitrogen and oxygen atoms in total. The minimum Gasteiger partial charge on any atom is -0.354 e. The normalized spacial score (nSPS) is 23.6. The number of hydrogen-bond donors (Lipinski definition) is 2. The molecule has 1 fully saturated rings. The quantitative estimate of drug-likeness (QED) is 0.838. The second-order valence-corrected chi connectivity index (χ2v) is 5.04. The molecule has 2 unspecified atom stereocenters. The fraction of sp³-hybridized carbons (Fsp3) is 0.571. The number of nitrogens with one attached hydrogen (secondary N) is 2. The third kappa shape index (κ3) is 3.81. The first-order valence-electron chi connectivity index (χ1n) is 6.65. The average Bonchev–Trinajstić information content (AvgIpc) is 2.40. The summed E-state index contributed by atoms with van der Waals surface area (Å²) >= 11 is 0. The maximum atomic E-state index is 11.9. The summed E-state index contributed by atoms with van der Waals surface area (Å²) in [4.78, 5) is 16.0. The van der Waals surface area contributed by atoms with Crippen molar-refractivity contribution in [1.29, 1.82) is 0 Å². The second-order valence-electron chi connectivity index (χ2n) is 5.04. The Morgan fingerprint density at radius 2 is 2.50 bits per heavy atom. The molecule has 0 bridgehead atoms. The van der Waals surface area contributed by atoms with Crippen LogP contribution in [0.4, 0.5) is 0 Å². The van der Waals surface area contributed by atoms with Gasteiger partial charge in [-0.15, -0.1) is 0 Å². The molecule has 18 heavy (non-hydrogen) atoms. The van der Waals surface area contributed by atoms with Crippen molar-refractivity contribution in [3.63, 3.8) is 0 Å². The predicted octanol–water partition coefficient (Wildman–Crippen LogP) is 1.13. The number of carbonyl (C=O) groups is 1. The van der Waals surface area contributed by atoms with Crippen LogP contribution in [0.25, 0.3) is 0 Å². The van der Waals surface area contributed by atoms with Crippen LogP contribution in [0.1, 0.15) is 25.3 Å². The molecule has 1 aliphatic rings. The molecule has 2 atom stereocenters. The van der Waals surface area contributed by atoms with Crippen molar-refractivity contribution in [3.8, 4) is 0 Å². The Morgan fingerprint density at radius 1 is 1.61 bits per heavy atom. The minimum atomic E-state index is -0.0114. The lowest BCUT2D eigenvalue weighted by Gasteiger charge is -2.27. The first kappa shape index (κ1) is 13.0. The van der Waals surface area contributed by atoms with Crippen molar-refractivity contribution in [2.24, 2.45) is 5.92 Å². The number of pyridine rings is 1. The van der Waals surface area contributed by atoms with Crippen molar-refractivity contribution in [3.05, 3.63) is 30.1 Å². The molecule has 0 radical (unpaired) electrons. The van der Waals surface area contributed by atoms with E-state index in [2.05, 4.69) is 22.5 Å². The Hall–Kier alpha value is -1.42. The smallest absolute Gasteiger partial charge is 0.237 e. The molecule has 0 spiro atoms. The first-order chi connectivity index (χ1) is 8.75. The number of hydrogen-bond acceptors (Lipinski definition) is 3. The SMILES string of the molecule is CC1CCNC(C(=O)NCCc2cccnc2)C1. The second kappa shape index (κ2) is 6.50. The van der Waals surface area contributed by atoms with Gasteiger partial charge in [-0.05, 0) is 43.4 Å². The van der Waals surface area contributed by atoms with Crippen LogP contribution in [-0.2, 0) is 11.2 Å². The Kier molecular flexibility index (Phi) is 4.70. The number of nitrogens with zero attached hydrogens (tertiary/aromatic N) is 1. The standard InChI is InChI=1S/C14H21N3O/c1-11-4-7-16-13(9-11)14(18)17-8-5-12-3-2-6-15-10-12/h2-3,6,10-11,13,16H,4-5,7-9H2,1H3,(H,17,18). The van der Waals surface area contributed by atoms with E-state index in [1.807, 2.05) is 18.3 Å². The van der Waals surface area contributed by atoms with E-state index < -0.39 is 0 Å². The number of carbonyl (C=O) groups excluding carboxylic acids is 1. The molecule has 98 valence electrons. The van der Waals surface area contributed by atoms with Gasteiger partial charge in [-0.3, -0.25) is 9.78 Å². The van der Waals surface area contributed by atoms with Gasteiger partial charge in [0.05, 0.1) is 6.04 Å². The van der Waals surface area contributed by atoms with Gasteiger partial charge in [0.15, 0.2) is 0 Å². The monoisotopic (exact) mass is 247 g/mol. The molecule has 0 aliphatic carbocycles. The number of rotatable bonds is 4. The van der Waals surface area contributed by atoms with Crippen LogP contribution in [0, 0.1) is 5.92 Å². The fourth-order valence-corrected chi connectivity index (χ4v) is 2.31. The van der Waals surface area contributed by atoms with Crippen LogP contribution in [-0.4, -0.2) is 30.0 Å². The van der Waals surface area contributed by atoms with Crippen molar-refractivity contribution in [1.82, 2.24) is 15.6 Å². The van der Waals surface area contributed by atoms with Crippen LogP contribution < -0.4 is 10.6 Å². The molecule has 2 N–H and O–H groups in total. The highest BCUT2D eigenvalue weighted by atomic mass is 16.2. The predicted molar refractivity (Wildman–Crippen MR) is 71.1 cm³/mol. The van der Waals surface area contributed by atoms with Gasteiger partial charge in [0.2, 0.25) is 5.91 Å². The maximum absolute atomic E-state index is 11.9. The number of piperidine rings is 1. The van der Waals surface area contributed by atoms with Gasteiger partial charge in [0, 0.05) is 18.9 Å². The first-order valence-corrected chi connectivity index (χ1v) is 6.65. The topological polar surface area (TPSA) is 54.0 Å². The summed E-state index contributed by atoms with van der Waals surface area (Å²) in [6.07, 6.45) is 6.54. The van der Waals surface area contributed by atoms with Gasteiger partial charge < -0.3 is 10.6 Å². The summed E-state index contributed by atoms with van der Waals surface area (Å²) in [5, 5.41) is 6.27. The van der Waals surface area contributed by atoms with E-state index in [4.69, 9.17) is 0 Å². The van der Waals surface area contributed by atoms with Gasteiger partial charge >= 0.3 is 0 Å². The third-order valence-corrected chi connectivity index (χ3v) is 3.42. The molecule has 4 heteroatoms. The average molecular weight is 247 g/mol. The van der Waals surface area contributed by atoms with Crippen molar-refractivity contribution >= 4 is 5.91 Å². The van der Waals surface area contributed by atoms with E-state index in [1.54, 1.807) is 6.20 Å². The zero-order valence-electron chi connectivity index (χ0n) is 10.9. The van der Waals surface area contributed by atoms with Crippen molar-refractivity contribution in [2.75, 3.05) is 13.1 Å². The Bertz CT molecular complexity index is 380. The molecule has 1 amide bonds. The molecule has 0 aromatic carbocycles. The van der Waals surface area contributed by atoms with Crippen molar-refractivity contribution in [2.45, 2.75) is 32.2 Å². The lowest BCUT2D eigenvalue weighted by Crippen LogP contribution is -2.48. The maximum Gasteiger partial charge on any atom is 0.237 e. The number of amides is 1. The summed E-state index contributed by atoms with van der Waals surface area (Å²) in [6.45, 7) is 3.83. The van der Waals surface area contributed by atoms with E-state index in [0.717, 1.165) is 24.9 Å². The van der Waals surface area contributed by atoms with Crippen LogP contribution in [0.2, 0.25) is 0 Å². The fourth-order valence-electron chi connectivity index (χ4n) is 2.31. The largest absolute Gasteiger partial charge is 0.354 e. The molecule has 2 heterocycles. The van der Waals surface area contributed by atoms with Crippen LogP contribution in [0.3, 0.4) is 0 Å². The van der Waals surface area contributed by atoms with E-state index in [9.17, 15) is 4.79 Å². The van der Waals surface area contributed by atoms with E-state index >= 15 is 0 Å². The van der Waals surface area contributed by atoms with E-state index in [0.29, 0.717) is 12.5 Å². The molecular weight excluding hydrogens is 226 g/mol. The van der Waals surface area contributed by atoms with Crippen molar-refractivity contribution < 1.29 is 4.79 Å². The highest BCUT2D eigenvalue weighted by molar-refractivity contribution is 5.81. The van der Waals surface area contributed by atoms with Gasteiger partial charge in [-0.25, -0.2) is 0 Å². The molecule has 1 aliphatic heterocycles. The van der Waals surface area contributed by atoms with Crippen LogP contribution >= 0.6 is 0 Å². The number of aromatic nitrogens is 1. The molecule has 1 saturated heterocycles. The highest BCUT2D eigenvalue weighted by Crippen LogP contribution is 2.14. The van der Waals surface area contributed by atoms with Gasteiger partial charge in [-0.2, -0.15) is 0 Å². The summed E-state index contributed by atoms with van der Waals surface area (Å²) < 4.78 is 0. The molecule has 1 aromatic rings. The minimum absolute atomic E-state index is 0.0114. The van der Waals surface area contributed by atoms with Crippen LogP contribution in [0.5, 0.6) is 0 Å². The molecular formula is C14H21N3O. The molecule has 0 saturated carbocycles. The third-order valence-electron chi connectivity index (χ3n) is 3.42. The Labute approximate surface area is 108 Å². The zero-order valence-corrected chi connectivity index (χ0v) is 10.9. The summed E-state index contributed by atoms with van der Waals surface area (Å²) in [7, 11) is 0. The molecule has 2 rings (SSSR count). The Balaban J connectivity index is 1.71. The van der Waals surface area contributed by atoms with E-state index in [1.165, 1.54) is 6.42 Å². The lowest BCUT2D eigenvalue weighted by atomic mass is 9.94. The Morgan fingerprint density at radius 3 is 3.22 bits per heavy atom. The highest BCUT2D eigenvalue weighted by Gasteiger charge is 2.23. The summed E-state index contributed by atoms with van der Waals surface area (Å²) in [5.74, 6) is 0.769. The zero-order chi connectivity index (χ0) is 12.8. The van der Waals surface area contributed by atoms with Gasteiger partial charge in [0.25, 0.3) is 0 Å². The molecule has 1 aromatic heterocycles.